The number of hydrogen-bond donors (Lipinski definition) is 0. The average Bonchev–Trinajstić information content (AvgIpc) is 2.83. The molecule has 0 amide bonds. The van der Waals surface area contributed by atoms with Gasteiger partial charge in [-0.2, -0.15) is 4.31 Å². The molecule has 19 heavy (non-hydrogen) atoms. The van der Waals surface area contributed by atoms with Crippen LogP contribution >= 0.6 is 15.9 Å². The summed E-state index contributed by atoms with van der Waals surface area (Å²) in [5.41, 5.74) is 0.638. The highest BCUT2D eigenvalue weighted by Gasteiger charge is 2.28. The zero-order chi connectivity index (χ0) is 13.5. The van der Waals surface area contributed by atoms with E-state index in [1.165, 1.54) is 6.20 Å². The fraction of sp³-hybridized carbons (Fsp3) is 0.417. The summed E-state index contributed by atoms with van der Waals surface area (Å²) in [5.74, 6) is 0. The Hall–Kier alpha value is -0.920. The Morgan fingerprint density at radius 3 is 2.63 bits per heavy atom. The molecule has 0 aliphatic carbocycles. The smallest absolute Gasteiger partial charge is 0.260 e. The molecule has 2 aromatic rings. The minimum Gasteiger partial charge on any atom is -0.288 e. The van der Waals surface area contributed by atoms with Gasteiger partial charge in [0.25, 0.3) is 10.0 Å². The van der Waals surface area contributed by atoms with Crippen LogP contribution in [0.5, 0.6) is 0 Å². The van der Waals surface area contributed by atoms with Crippen LogP contribution in [0.3, 0.4) is 0 Å². The maximum atomic E-state index is 12.6. The average molecular weight is 344 g/mol. The highest BCUT2D eigenvalue weighted by molar-refractivity contribution is 9.10. The van der Waals surface area contributed by atoms with Gasteiger partial charge in [0.05, 0.1) is 6.20 Å². The summed E-state index contributed by atoms with van der Waals surface area (Å²) in [6.45, 7) is 1.20. The minimum atomic E-state index is -3.45. The molecule has 3 rings (SSSR count). The third-order valence-corrected chi connectivity index (χ3v) is 5.70. The maximum absolute atomic E-state index is 12.6. The topological polar surface area (TPSA) is 54.7 Å². The molecule has 0 aromatic carbocycles. The van der Waals surface area contributed by atoms with Crippen LogP contribution in [0.15, 0.2) is 34.0 Å². The minimum absolute atomic E-state index is 0.241. The number of nitrogens with zero attached hydrogens (tertiary/aromatic N) is 3. The van der Waals surface area contributed by atoms with E-state index in [2.05, 4.69) is 20.9 Å². The van der Waals surface area contributed by atoms with E-state index >= 15 is 0 Å². The predicted octanol–water partition coefficient (Wildman–Crippen LogP) is 2.27. The van der Waals surface area contributed by atoms with Crippen molar-refractivity contribution in [2.75, 3.05) is 13.1 Å². The van der Waals surface area contributed by atoms with Crippen molar-refractivity contribution in [2.24, 2.45) is 0 Å². The van der Waals surface area contributed by atoms with E-state index in [4.69, 9.17) is 0 Å². The SMILES string of the molecule is O=S(=O)(c1cnc2ccc(Br)cn12)N1CCCCC1. The van der Waals surface area contributed by atoms with Crippen molar-refractivity contribution < 1.29 is 8.42 Å². The fourth-order valence-corrected chi connectivity index (χ4v) is 4.28. The van der Waals surface area contributed by atoms with Gasteiger partial charge < -0.3 is 0 Å². The van der Waals surface area contributed by atoms with Crippen LogP contribution in [0.1, 0.15) is 19.3 Å². The van der Waals surface area contributed by atoms with E-state index in [0.29, 0.717) is 18.7 Å². The highest BCUT2D eigenvalue weighted by atomic mass is 79.9. The Balaban J connectivity index is 2.10. The number of pyridine rings is 1. The molecule has 0 saturated carbocycles. The normalized spacial score (nSPS) is 17.9. The van der Waals surface area contributed by atoms with E-state index in [1.807, 2.05) is 6.07 Å². The first-order valence-electron chi connectivity index (χ1n) is 6.22. The lowest BCUT2D eigenvalue weighted by Crippen LogP contribution is -2.36. The molecule has 0 spiro atoms. The second kappa shape index (κ2) is 4.88. The molecule has 0 N–H and O–H groups in total. The van der Waals surface area contributed by atoms with Gasteiger partial charge in [-0.1, -0.05) is 6.42 Å². The van der Waals surface area contributed by atoms with Gasteiger partial charge in [0.2, 0.25) is 0 Å². The second-order valence-corrected chi connectivity index (χ2v) is 7.44. The molecule has 102 valence electrons. The van der Waals surface area contributed by atoms with Crippen molar-refractivity contribution in [2.45, 2.75) is 24.3 Å². The second-order valence-electron chi connectivity index (χ2n) is 4.64. The van der Waals surface area contributed by atoms with Gasteiger partial charge in [0, 0.05) is 23.8 Å². The maximum Gasteiger partial charge on any atom is 0.260 e. The van der Waals surface area contributed by atoms with Crippen molar-refractivity contribution in [3.63, 3.8) is 0 Å². The molecule has 0 radical (unpaired) electrons. The monoisotopic (exact) mass is 343 g/mol. The Bertz CT molecular complexity index is 705. The lowest BCUT2D eigenvalue weighted by molar-refractivity contribution is 0.345. The lowest BCUT2D eigenvalue weighted by Gasteiger charge is -2.25. The van der Waals surface area contributed by atoms with Crippen LogP contribution in [0.4, 0.5) is 0 Å². The fourth-order valence-electron chi connectivity index (χ4n) is 2.36. The molecular weight excluding hydrogens is 330 g/mol. The van der Waals surface area contributed by atoms with E-state index in [-0.39, 0.29) is 5.03 Å². The molecule has 2 aromatic heterocycles. The van der Waals surface area contributed by atoms with Crippen LogP contribution in [0, 0.1) is 0 Å². The van der Waals surface area contributed by atoms with Gasteiger partial charge in [-0.25, -0.2) is 13.4 Å². The van der Waals surface area contributed by atoms with E-state index in [1.54, 1.807) is 21.0 Å². The number of halogens is 1. The number of fused-ring (bicyclic) bond motifs is 1. The van der Waals surface area contributed by atoms with Gasteiger partial charge in [-0.05, 0) is 40.9 Å². The molecule has 0 unspecified atom stereocenters. The molecule has 5 nitrogen and oxygen atoms in total. The number of aromatic nitrogens is 2. The first-order valence-corrected chi connectivity index (χ1v) is 8.45. The summed E-state index contributed by atoms with van der Waals surface area (Å²) in [4.78, 5) is 4.16. The molecule has 7 heteroatoms. The molecule has 3 heterocycles. The van der Waals surface area contributed by atoms with E-state index < -0.39 is 10.0 Å². The Labute approximate surface area is 120 Å². The molecule has 1 aliphatic heterocycles. The summed E-state index contributed by atoms with van der Waals surface area (Å²) in [5, 5.41) is 0.241. The summed E-state index contributed by atoms with van der Waals surface area (Å²) >= 11 is 3.36. The zero-order valence-electron chi connectivity index (χ0n) is 10.3. The van der Waals surface area contributed by atoms with E-state index in [0.717, 1.165) is 23.7 Å². The van der Waals surface area contributed by atoms with Gasteiger partial charge in [-0.3, -0.25) is 4.40 Å². The molecule has 0 atom stereocenters. The lowest BCUT2D eigenvalue weighted by atomic mass is 10.2. The van der Waals surface area contributed by atoms with Crippen LogP contribution in [0.25, 0.3) is 5.65 Å². The Morgan fingerprint density at radius 2 is 1.89 bits per heavy atom. The first-order chi connectivity index (χ1) is 9.09. The summed E-state index contributed by atoms with van der Waals surface area (Å²) < 4.78 is 29.2. The van der Waals surface area contributed by atoms with Crippen LogP contribution in [-0.4, -0.2) is 35.2 Å². The Morgan fingerprint density at radius 1 is 1.16 bits per heavy atom. The molecular formula is C12H14BrN3O2S. The third kappa shape index (κ3) is 2.30. The quantitative estimate of drug-likeness (QED) is 0.840. The van der Waals surface area contributed by atoms with Crippen molar-refractivity contribution >= 4 is 31.6 Å². The van der Waals surface area contributed by atoms with Gasteiger partial charge >= 0.3 is 0 Å². The predicted molar refractivity (Wildman–Crippen MR) is 75.5 cm³/mol. The number of sulfonamides is 1. The van der Waals surface area contributed by atoms with E-state index in [9.17, 15) is 8.42 Å². The van der Waals surface area contributed by atoms with Crippen molar-refractivity contribution in [1.82, 2.24) is 13.7 Å². The van der Waals surface area contributed by atoms with Crippen molar-refractivity contribution in [3.8, 4) is 0 Å². The van der Waals surface area contributed by atoms with Crippen molar-refractivity contribution in [1.29, 1.82) is 0 Å². The van der Waals surface area contributed by atoms with Gasteiger partial charge in [-0.15, -0.1) is 0 Å². The van der Waals surface area contributed by atoms with Gasteiger partial charge in [0.1, 0.15) is 5.65 Å². The van der Waals surface area contributed by atoms with Crippen LogP contribution in [-0.2, 0) is 10.0 Å². The standard InChI is InChI=1S/C12H14BrN3O2S/c13-10-4-5-11-14-8-12(16(11)9-10)19(17,18)15-6-2-1-3-7-15/h4-5,8-9H,1-3,6-7H2. The summed E-state index contributed by atoms with van der Waals surface area (Å²) in [6, 6.07) is 3.64. The number of imidazole rings is 1. The molecule has 1 saturated heterocycles. The molecule has 0 bridgehead atoms. The summed E-state index contributed by atoms with van der Waals surface area (Å²) in [7, 11) is -3.45. The van der Waals surface area contributed by atoms with Crippen molar-refractivity contribution in [3.05, 3.63) is 29.0 Å². The third-order valence-electron chi connectivity index (χ3n) is 3.35. The highest BCUT2D eigenvalue weighted by Crippen LogP contribution is 2.22. The summed E-state index contributed by atoms with van der Waals surface area (Å²) in [6.07, 6.45) is 6.13. The Kier molecular flexibility index (Phi) is 3.36. The molecule has 1 fully saturated rings. The number of piperidine rings is 1. The largest absolute Gasteiger partial charge is 0.288 e. The van der Waals surface area contributed by atoms with Gasteiger partial charge in [0.15, 0.2) is 5.03 Å². The zero-order valence-corrected chi connectivity index (χ0v) is 12.7. The number of hydrogen-bond acceptors (Lipinski definition) is 3. The van der Waals surface area contributed by atoms with Crippen LogP contribution in [0.2, 0.25) is 0 Å². The van der Waals surface area contributed by atoms with Crippen LogP contribution < -0.4 is 0 Å². The number of rotatable bonds is 2. The molecule has 1 aliphatic rings. The first kappa shape index (κ1) is 13.1.